The van der Waals surface area contributed by atoms with Crippen LogP contribution in [0.1, 0.15) is 29.8 Å². The van der Waals surface area contributed by atoms with Gasteiger partial charge in [0, 0.05) is 12.0 Å². The third-order valence-electron chi connectivity index (χ3n) is 2.04. The first-order chi connectivity index (χ1) is 6.63. The summed E-state index contributed by atoms with van der Waals surface area (Å²) in [6.07, 6.45) is 0.342. The first-order valence-electron chi connectivity index (χ1n) is 4.53. The lowest BCUT2D eigenvalue weighted by atomic mass is 10.0. The second-order valence-corrected chi connectivity index (χ2v) is 3.38. The van der Waals surface area contributed by atoms with E-state index < -0.39 is 0 Å². The highest BCUT2D eigenvalue weighted by molar-refractivity contribution is 5.94. The predicted octanol–water partition coefficient (Wildman–Crippen LogP) is 2.31. The largest absolute Gasteiger partial charge is 0.295 e. The van der Waals surface area contributed by atoms with Gasteiger partial charge in [0.2, 0.25) is 0 Å². The van der Waals surface area contributed by atoms with Crippen LogP contribution in [-0.2, 0) is 11.3 Å². The molecule has 0 aliphatic rings. The van der Waals surface area contributed by atoms with Crippen LogP contribution in [0, 0.1) is 0 Å². The zero-order valence-electron chi connectivity index (χ0n) is 8.36. The Morgan fingerprint density at radius 3 is 2.86 bits per heavy atom. The lowest BCUT2D eigenvalue weighted by Crippen LogP contribution is -2.09. The topological polar surface area (TPSA) is 46.5 Å². The van der Waals surface area contributed by atoms with Crippen molar-refractivity contribution in [3.05, 3.63) is 35.4 Å². The Bertz CT molecular complexity index is 320. The second-order valence-electron chi connectivity index (χ2n) is 3.38. The van der Waals surface area contributed by atoms with Crippen LogP contribution in [0.5, 0.6) is 0 Å². The molecule has 0 aliphatic heterocycles. The van der Waals surface area contributed by atoms with Crippen molar-refractivity contribution in [3.63, 3.8) is 0 Å². The average molecular weight is 194 g/mol. The van der Waals surface area contributed by atoms with E-state index in [9.17, 15) is 4.79 Å². The number of rotatable bonds is 4. The van der Waals surface area contributed by atoms with Gasteiger partial charge in [-0.1, -0.05) is 18.2 Å². The fourth-order valence-corrected chi connectivity index (χ4v) is 1.29. The van der Waals surface area contributed by atoms with E-state index in [4.69, 9.17) is 5.26 Å². The van der Waals surface area contributed by atoms with E-state index in [-0.39, 0.29) is 11.9 Å². The molecule has 14 heavy (non-hydrogen) atoms. The first kappa shape index (κ1) is 10.9. The molecule has 0 spiro atoms. The SMILES string of the molecule is CC(=O)c1cccc(CC(C)OO)c1. The van der Waals surface area contributed by atoms with Gasteiger partial charge in [-0.25, -0.2) is 4.89 Å². The van der Waals surface area contributed by atoms with E-state index in [2.05, 4.69) is 4.89 Å². The van der Waals surface area contributed by atoms with Gasteiger partial charge in [0.25, 0.3) is 0 Å². The third-order valence-corrected chi connectivity index (χ3v) is 2.04. The van der Waals surface area contributed by atoms with E-state index in [1.54, 1.807) is 13.0 Å². The minimum Gasteiger partial charge on any atom is -0.295 e. The van der Waals surface area contributed by atoms with Gasteiger partial charge < -0.3 is 0 Å². The summed E-state index contributed by atoms with van der Waals surface area (Å²) in [6.45, 7) is 3.30. The molecule has 1 atom stereocenters. The smallest absolute Gasteiger partial charge is 0.159 e. The summed E-state index contributed by atoms with van der Waals surface area (Å²) < 4.78 is 0. The molecule has 1 aromatic rings. The lowest BCUT2D eigenvalue weighted by molar-refractivity contribution is -0.273. The maximum atomic E-state index is 11.1. The van der Waals surface area contributed by atoms with Gasteiger partial charge in [-0.05, 0) is 25.5 Å². The van der Waals surface area contributed by atoms with E-state index in [1.165, 1.54) is 6.92 Å². The minimum absolute atomic E-state index is 0.0458. The van der Waals surface area contributed by atoms with Crippen molar-refractivity contribution < 1.29 is 14.9 Å². The summed E-state index contributed by atoms with van der Waals surface area (Å²) in [5.74, 6) is 0.0458. The summed E-state index contributed by atoms with van der Waals surface area (Å²) >= 11 is 0. The number of Topliss-reactive ketones (excluding diaryl/α,β-unsaturated/α-hetero) is 1. The Hall–Kier alpha value is -1.19. The van der Waals surface area contributed by atoms with E-state index >= 15 is 0 Å². The maximum Gasteiger partial charge on any atom is 0.159 e. The fourth-order valence-electron chi connectivity index (χ4n) is 1.29. The van der Waals surface area contributed by atoms with Gasteiger partial charge in [-0.2, -0.15) is 0 Å². The van der Waals surface area contributed by atoms with Crippen LogP contribution < -0.4 is 0 Å². The Morgan fingerprint density at radius 2 is 2.29 bits per heavy atom. The highest BCUT2D eigenvalue weighted by atomic mass is 17.1. The summed E-state index contributed by atoms with van der Waals surface area (Å²) in [5, 5.41) is 8.41. The normalized spacial score (nSPS) is 12.5. The Balaban J connectivity index is 2.78. The molecule has 1 unspecified atom stereocenters. The molecule has 0 heterocycles. The van der Waals surface area contributed by atoms with Crippen molar-refractivity contribution in [3.8, 4) is 0 Å². The molecule has 3 nitrogen and oxygen atoms in total. The van der Waals surface area contributed by atoms with E-state index in [1.807, 2.05) is 18.2 Å². The van der Waals surface area contributed by atoms with Crippen LogP contribution in [0.3, 0.4) is 0 Å². The van der Waals surface area contributed by atoms with Crippen LogP contribution >= 0.6 is 0 Å². The number of hydrogen-bond donors (Lipinski definition) is 1. The number of carbonyl (C=O) groups is 1. The molecule has 0 aromatic heterocycles. The predicted molar refractivity (Wildman–Crippen MR) is 53.3 cm³/mol. The highest BCUT2D eigenvalue weighted by Gasteiger charge is 2.05. The monoisotopic (exact) mass is 194 g/mol. The lowest BCUT2D eigenvalue weighted by Gasteiger charge is -2.07. The van der Waals surface area contributed by atoms with Crippen LogP contribution in [0.15, 0.2) is 24.3 Å². The standard InChI is InChI=1S/C11H14O3/c1-8(14-13)6-10-4-3-5-11(7-10)9(2)12/h3-5,7-8,13H,6H2,1-2H3. The van der Waals surface area contributed by atoms with Crippen LogP contribution in [0.4, 0.5) is 0 Å². The Morgan fingerprint density at radius 1 is 1.57 bits per heavy atom. The minimum atomic E-state index is -0.253. The Kier molecular flexibility index (Phi) is 3.80. The van der Waals surface area contributed by atoms with Crippen molar-refractivity contribution in [2.45, 2.75) is 26.4 Å². The first-order valence-corrected chi connectivity index (χ1v) is 4.53. The molecule has 0 fully saturated rings. The number of benzene rings is 1. The molecular formula is C11H14O3. The van der Waals surface area contributed by atoms with Crippen molar-refractivity contribution in [1.82, 2.24) is 0 Å². The average Bonchev–Trinajstić information content (AvgIpc) is 2.18. The number of ketones is 1. The Labute approximate surface area is 83.3 Å². The zero-order chi connectivity index (χ0) is 10.6. The van der Waals surface area contributed by atoms with Crippen molar-refractivity contribution >= 4 is 5.78 Å². The molecule has 0 saturated carbocycles. The molecule has 0 amide bonds. The summed E-state index contributed by atoms with van der Waals surface area (Å²) in [6, 6.07) is 7.33. The second kappa shape index (κ2) is 4.88. The molecule has 0 radical (unpaired) electrons. The van der Waals surface area contributed by atoms with Crippen molar-refractivity contribution in [2.75, 3.05) is 0 Å². The summed E-state index contributed by atoms with van der Waals surface area (Å²) in [4.78, 5) is 15.2. The van der Waals surface area contributed by atoms with Gasteiger partial charge >= 0.3 is 0 Å². The molecule has 1 N–H and O–H groups in total. The third kappa shape index (κ3) is 2.94. The van der Waals surface area contributed by atoms with Gasteiger partial charge in [0.05, 0.1) is 6.10 Å². The zero-order valence-corrected chi connectivity index (χ0v) is 8.36. The molecule has 3 heteroatoms. The maximum absolute atomic E-state index is 11.1. The van der Waals surface area contributed by atoms with Gasteiger partial charge in [0.1, 0.15) is 0 Å². The van der Waals surface area contributed by atoms with Gasteiger partial charge in [-0.3, -0.25) is 10.1 Å². The van der Waals surface area contributed by atoms with Crippen LogP contribution in [-0.4, -0.2) is 17.1 Å². The van der Waals surface area contributed by atoms with Crippen LogP contribution in [0.25, 0.3) is 0 Å². The van der Waals surface area contributed by atoms with E-state index in [0.717, 1.165) is 5.56 Å². The molecule has 76 valence electrons. The highest BCUT2D eigenvalue weighted by Crippen LogP contribution is 2.09. The molecule has 1 rings (SSSR count). The summed E-state index contributed by atoms with van der Waals surface area (Å²) in [7, 11) is 0. The number of carbonyl (C=O) groups excluding carboxylic acids is 1. The van der Waals surface area contributed by atoms with Crippen molar-refractivity contribution in [2.24, 2.45) is 0 Å². The van der Waals surface area contributed by atoms with E-state index in [0.29, 0.717) is 12.0 Å². The molecule has 0 bridgehead atoms. The fraction of sp³-hybridized carbons (Fsp3) is 0.364. The molecule has 1 aromatic carbocycles. The summed E-state index contributed by atoms with van der Waals surface area (Å²) in [5.41, 5.74) is 1.67. The number of hydrogen-bond acceptors (Lipinski definition) is 3. The quantitative estimate of drug-likeness (QED) is 0.454. The molecule has 0 aliphatic carbocycles. The molecule has 0 saturated heterocycles. The van der Waals surface area contributed by atoms with Gasteiger partial charge in [-0.15, -0.1) is 0 Å². The van der Waals surface area contributed by atoms with Crippen LogP contribution in [0.2, 0.25) is 0 Å². The van der Waals surface area contributed by atoms with Gasteiger partial charge in [0.15, 0.2) is 5.78 Å². The molecular weight excluding hydrogens is 180 g/mol. The van der Waals surface area contributed by atoms with Crippen molar-refractivity contribution in [1.29, 1.82) is 0 Å².